The molecular formula is C16H12ClN3. The van der Waals surface area contributed by atoms with Gasteiger partial charge in [0.1, 0.15) is 11.9 Å². The molecule has 0 fully saturated rings. The predicted octanol–water partition coefficient (Wildman–Crippen LogP) is 3.64. The number of nitriles is 1. The van der Waals surface area contributed by atoms with Gasteiger partial charge in [-0.05, 0) is 36.2 Å². The Bertz CT molecular complexity index is 799. The van der Waals surface area contributed by atoms with Crippen molar-refractivity contribution in [1.29, 1.82) is 5.26 Å². The minimum absolute atomic E-state index is 0.478. The van der Waals surface area contributed by atoms with E-state index < -0.39 is 0 Å². The second-order valence-electron chi connectivity index (χ2n) is 4.57. The number of nitrogens with zero attached hydrogens (tertiary/aromatic N) is 3. The van der Waals surface area contributed by atoms with Gasteiger partial charge in [-0.1, -0.05) is 29.8 Å². The van der Waals surface area contributed by atoms with Crippen molar-refractivity contribution in [3.63, 3.8) is 0 Å². The van der Waals surface area contributed by atoms with Crippen molar-refractivity contribution in [3.05, 3.63) is 70.8 Å². The Hall–Kier alpha value is -2.31. The average molecular weight is 282 g/mol. The van der Waals surface area contributed by atoms with E-state index in [0.29, 0.717) is 5.69 Å². The molecule has 0 aliphatic carbocycles. The van der Waals surface area contributed by atoms with Crippen molar-refractivity contribution < 1.29 is 0 Å². The molecule has 1 aromatic carbocycles. The molecule has 98 valence electrons. The largest absolute Gasteiger partial charge is 0.302 e. The van der Waals surface area contributed by atoms with E-state index in [0.717, 1.165) is 29.2 Å². The van der Waals surface area contributed by atoms with Gasteiger partial charge in [-0.2, -0.15) is 5.26 Å². The smallest absolute Gasteiger partial charge is 0.166 e. The van der Waals surface area contributed by atoms with Crippen molar-refractivity contribution in [2.45, 2.75) is 12.8 Å². The highest BCUT2D eigenvalue weighted by molar-refractivity contribution is 6.30. The number of hydrogen-bond acceptors (Lipinski definition) is 2. The predicted molar refractivity (Wildman–Crippen MR) is 78.8 cm³/mol. The van der Waals surface area contributed by atoms with Crippen LogP contribution in [0.2, 0.25) is 5.02 Å². The summed E-state index contributed by atoms with van der Waals surface area (Å²) in [6.07, 6.45) is 3.56. The quantitative estimate of drug-likeness (QED) is 0.735. The molecule has 0 N–H and O–H groups in total. The normalized spacial score (nSPS) is 10.6. The standard InChI is InChI=1S/C16H12ClN3/c17-13-5-3-4-12(10-13)7-8-16-19-14(11-18)15-6-1-2-9-20(15)16/h1-6,9-10H,7-8H2. The van der Waals surface area contributed by atoms with Crippen LogP contribution in [0.1, 0.15) is 17.1 Å². The first-order valence-corrected chi connectivity index (χ1v) is 6.76. The number of aryl methyl sites for hydroxylation is 2. The summed E-state index contributed by atoms with van der Waals surface area (Å²) < 4.78 is 1.98. The third-order valence-electron chi connectivity index (χ3n) is 3.25. The van der Waals surface area contributed by atoms with Crippen LogP contribution in [0, 0.1) is 11.3 Å². The molecular weight excluding hydrogens is 270 g/mol. The number of hydrogen-bond donors (Lipinski definition) is 0. The summed E-state index contributed by atoms with van der Waals surface area (Å²) in [7, 11) is 0. The van der Waals surface area contributed by atoms with Crippen LogP contribution in [-0.4, -0.2) is 9.38 Å². The van der Waals surface area contributed by atoms with Crippen molar-refractivity contribution >= 4 is 17.1 Å². The molecule has 0 amide bonds. The molecule has 0 radical (unpaired) electrons. The summed E-state index contributed by atoms with van der Waals surface area (Å²) in [5, 5.41) is 9.87. The lowest BCUT2D eigenvalue weighted by molar-refractivity contribution is 0.853. The van der Waals surface area contributed by atoms with Gasteiger partial charge in [-0.15, -0.1) is 0 Å². The van der Waals surface area contributed by atoms with Crippen LogP contribution in [0.4, 0.5) is 0 Å². The van der Waals surface area contributed by atoms with Crippen molar-refractivity contribution in [2.75, 3.05) is 0 Å². The summed E-state index contributed by atoms with van der Waals surface area (Å²) in [5.41, 5.74) is 2.51. The molecule has 0 unspecified atom stereocenters. The average Bonchev–Trinajstić information content (AvgIpc) is 2.83. The molecule has 4 heteroatoms. The van der Waals surface area contributed by atoms with Crippen LogP contribution >= 0.6 is 11.6 Å². The van der Waals surface area contributed by atoms with Crippen molar-refractivity contribution in [1.82, 2.24) is 9.38 Å². The number of imidazole rings is 1. The molecule has 0 atom stereocenters. The molecule has 0 saturated heterocycles. The molecule has 0 bridgehead atoms. The van der Waals surface area contributed by atoms with Crippen LogP contribution in [-0.2, 0) is 12.8 Å². The number of pyridine rings is 1. The second-order valence-corrected chi connectivity index (χ2v) is 5.01. The minimum atomic E-state index is 0.478. The second kappa shape index (κ2) is 5.36. The van der Waals surface area contributed by atoms with Gasteiger partial charge < -0.3 is 4.40 Å². The highest BCUT2D eigenvalue weighted by Gasteiger charge is 2.09. The molecule has 0 aliphatic rings. The molecule has 0 saturated carbocycles. The Morgan fingerprint density at radius 3 is 2.85 bits per heavy atom. The summed E-state index contributed by atoms with van der Waals surface area (Å²) >= 11 is 5.98. The Morgan fingerprint density at radius 1 is 1.15 bits per heavy atom. The van der Waals surface area contributed by atoms with Crippen LogP contribution in [0.3, 0.4) is 0 Å². The molecule has 20 heavy (non-hydrogen) atoms. The number of rotatable bonds is 3. The van der Waals surface area contributed by atoms with Crippen molar-refractivity contribution in [3.8, 4) is 6.07 Å². The van der Waals surface area contributed by atoms with Gasteiger partial charge in [0.15, 0.2) is 5.69 Å². The lowest BCUT2D eigenvalue weighted by Crippen LogP contribution is -1.97. The number of fused-ring (bicyclic) bond motifs is 1. The first-order valence-electron chi connectivity index (χ1n) is 6.38. The van der Waals surface area contributed by atoms with Crippen LogP contribution in [0.5, 0.6) is 0 Å². The summed E-state index contributed by atoms with van der Waals surface area (Å²) in [6, 6.07) is 15.7. The highest BCUT2D eigenvalue weighted by atomic mass is 35.5. The fraction of sp³-hybridized carbons (Fsp3) is 0.125. The van der Waals surface area contributed by atoms with Gasteiger partial charge >= 0.3 is 0 Å². The van der Waals surface area contributed by atoms with E-state index in [-0.39, 0.29) is 0 Å². The zero-order chi connectivity index (χ0) is 13.9. The van der Waals surface area contributed by atoms with Gasteiger partial charge in [0.05, 0.1) is 5.52 Å². The third-order valence-corrected chi connectivity index (χ3v) is 3.49. The summed E-state index contributed by atoms with van der Waals surface area (Å²) in [4.78, 5) is 4.41. The van der Waals surface area contributed by atoms with Gasteiger partial charge in [0.25, 0.3) is 0 Å². The third kappa shape index (κ3) is 2.38. The van der Waals surface area contributed by atoms with Crippen LogP contribution in [0.15, 0.2) is 48.7 Å². The van der Waals surface area contributed by atoms with Crippen molar-refractivity contribution in [2.24, 2.45) is 0 Å². The first kappa shape index (κ1) is 12.7. The van der Waals surface area contributed by atoms with Crippen LogP contribution < -0.4 is 0 Å². The minimum Gasteiger partial charge on any atom is -0.302 e. The van der Waals surface area contributed by atoms with Gasteiger partial charge in [-0.3, -0.25) is 0 Å². The monoisotopic (exact) mass is 281 g/mol. The van der Waals surface area contributed by atoms with E-state index in [2.05, 4.69) is 11.1 Å². The van der Waals surface area contributed by atoms with E-state index in [1.807, 2.05) is 53.1 Å². The number of benzene rings is 1. The topological polar surface area (TPSA) is 41.1 Å². The lowest BCUT2D eigenvalue weighted by Gasteiger charge is -2.02. The number of halogens is 1. The van der Waals surface area contributed by atoms with E-state index in [9.17, 15) is 0 Å². The molecule has 3 nitrogen and oxygen atoms in total. The maximum absolute atomic E-state index is 9.13. The zero-order valence-corrected chi connectivity index (χ0v) is 11.5. The summed E-state index contributed by atoms with van der Waals surface area (Å²) in [5.74, 6) is 0.900. The SMILES string of the molecule is N#Cc1nc(CCc2cccc(Cl)c2)n2ccccc12. The van der Waals surface area contributed by atoms with Crippen LogP contribution in [0.25, 0.3) is 5.52 Å². The van der Waals surface area contributed by atoms with E-state index >= 15 is 0 Å². The van der Waals surface area contributed by atoms with E-state index in [1.54, 1.807) is 0 Å². The number of aromatic nitrogens is 2. The Morgan fingerprint density at radius 2 is 2.05 bits per heavy atom. The Labute approximate surface area is 122 Å². The molecule has 3 rings (SSSR count). The van der Waals surface area contributed by atoms with E-state index in [1.165, 1.54) is 5.56 Å². The molecule has 0 spiro atoms. The first-order chi connectivity index (χ1) is 9.78. The van der Waals surface area contributed by atoms with Gasteiger partial charge in [0.2, 0.25) is 0 Å². The molecule has 3 aromatic rings. The Kier molecular flexibility index (Phi) is 3.41. The maximum atomic E-state index is 9.13. The molecule has 2 aromatic heterocycles. The van der Waals surface area contributed by atoms with Gasteiger partial charge in [0, 0.05) is 17.6 Å². The highest BCUT2D eigenvalue weighted by Crippen LogP contribution is 2.16. The molecule has 0 aliphatic heterocycles. The fourth-order valence-corrected chi connectivity index (χ4v) is 2.52. The molecule has 2 heterocycles. The lowest BCUT2D eigenvalue weighted by atomic mass is 10.1. The Balaban J connectivity index is 1.90. The van der Waals surface area contributed by atoms with Gasteiger partial charge in [-0.25, -0.2) is 4.98 Å². The summed E-state index contributed by atoms with van der Waals surface area (Å²) in [6.45, 7) is 0. The fourth-order valence-electron chi connectivity index (χ4n) is 2.31. The zero-order valence-electron chi connectivity index (χ0n) is 10.8. The maximum Gasteiger partial charge on any atom is 0.166 e. The van der Waals surface area contributed by atoms with E-state index in [4.69, 9.17) is 16.9 Å².